The fourth-order valence-electron chi connectivity index (χ4n) is 2.11. The van der Waals surface area contributed by atoms with E-state index in [0.29, 0.717) is 18.0 Å². The van der Waals surface area contributed by atoms with Crippen molar-refractivity contribution in [3.8, 4) is 5.75 Å². The van der Waals surface area contributed by atoms with E-state index in [1.807, 2.05) is 6.92 Å². The minimum Gasteiger partial charge on any atom is -0.482 e. The highest BCUT2D eigenvalue weighted by molar-refractivity contribution is 6.03. The van der Waals surface area contributed by atoms with Crippen LogP contribution in [0, 0.1) is 0 Å². The average Bonchev–Trinajstić information content (AvgIpc) is 2.50. The number of carbonyl (C=O) groups is 3. The maximum absolute atomic E-state index is 12.0. The van der Waals surface area contributed by atoms with Crippen LogP contribution in [0.25, 0.3) is 0 Å². The number of carboxylic acid groups (broad SMARTS) is 1. The SMILES string of the molecule is CCCCNC(=O)CN1C(=O)COc2ccc(C(=O)O)cc21. The molecule has 0 aromatic heterocycles. The molecule has 118 valence electrons. The Balaban J connectivity index is 2.17. The highest BCUT2D eigenvalue weighted by Crippen LogP contribution is 2.32. The van der Waals surface area contributed by atoms with Crippen LogP contribution in [-0.2, 0) is 9.59 Å². The zero-order chi connectivity index (χ0) is 16.1. The molecule has 1 heterocycles. The predicted octanol–water partition coefficient (Wildman–Crippen LogP) is 1.03. The van der Waals surface area contributed by atoms with Gasteiger partial charge in [-0.25, -0.2) is 4.79 Å². The molecular formula is C15H18N2O5. The fourth-order valence-corrected chi connectivity index (χ4v) is 2.11. The quantitative estimate of drug-likeness (QED) is 0.765. The van der Waals surface area contributed by atoms with E-state index in [0.717, 1.165) is 12.8 Å². The Labute approximate surface area is 127 Å². The molecular weight excluding hydrogens is 288 g/mol. The molecule has 2 amide bonds. The van der Waals surface area contributed by atoms with Gasteiger partial charge < -0.3 is 15.2 Å². The number of amides is 2. The number of unbranched alkanes of at least 4 members (excludes halogenated alkanes) is 1. The van der Waals surface area contributed by atoms with Crippen LogP contribution in [0.3, 0.4) is 0 Å². The van der Waals surface area contributed by atoms with Crippen molar-refractivity contribution in [1.82, 2.24) is 5.32 Å². The first-order valence-electron chi connectivity index (χ1n) is 7.10. The van der Waals surface area contributed by atoms with E-state index >= 15 is 0 Å². The Morgan fingerprint density at radius 2 is 2.18 bits per heavy atom. The molecule has 1 aromatic rings. The number of hydrogen-bond donors (Lipinski definition) is 2. The summed E-state index contributed by atoms with van der Waals surface area (Å²) in [6.45, 7) is 2.25. The third-order valence-corrected chi connectivity index (χ3v) is 3.30. The normalized spacial score (nSPS) is 13.3. The zero-order valence-corrected chi connectivity index (χ0v) is 12.3. The second kappa shape index (κ2) is 6.93. The summed E-state index contributed by atoms with van der Waals surface area (Å²) in [7, 11) is 0. The van der Waals surface area contributed by atoms with Crippen molar-refractivity contribution in [2.45, 2.75) is 19.8 Å². The molecule has 0 atom stereocenters. The van der Waals surface area contributed by atoms with Crippen molar-refractivity contribution >= 4 is 23.5 Å². The average molecular weight is 306 g/mol. The van der Waals surface area contributed by atoms with Gasteiger partial charge in [0.1, 0.15) is 12.3 Å². The molecule has 1 aromatic carbocycles. The number of carboxylic acids is 1. The molecule has 0 fully saturated rings. The molecule has 0 aliphatic carbocycles. The standard InChI is InChI=1S/C15H18N2O5/c1-2-3-6-16-13(18)8-17-11-7-10(15(20)21)4-5-12(11)22-9-14(17)19/h4-5,7H,2-3,6,8-9H2,1H3,(H,16,18)(H,20,21). The Morgan fingerprint density at radius 3 is 2.86 bits per heavy atom. The third-order valence-electron chi connectivity index (χ3n) is 3.30. The van der Waals surface area contributed by atoms with Gasteiger partial charge in [0.15, 0.2) is 6.61 Å². The van der Waals surface area contributed by atoms with Crippen molar-refractivity contribution in [2.75, 3.05) is 24.6 Å². The number of carbonyl (C=O) groups excluding carboxylic acids is 2. The summed E-state index contributed by atoms with van der Waals surface area (Å²) < 4.78 is 5.26. The van der Waals surface area contributed by atoms with Crippen LogP contribution in [0.15, 0.2) is 18.2 Å². The van der Waals surface area contributed by atoms with E-state index in [1.165, 1.54) is 23.1 Å². The van der Waals surface area contributed by atoms with Crippen LogP contribution in [-0.4, -0.2) is 42.6 Å². The Bertz CT molecular complexity index is 600. The van der Waals surface area contributed by atoms with Crippen LogP contribution < -0.4 is 15.0 Å². The van der Waals surface area contributed by atoms with E-state index in [4.69, 9.17) is 9.84 Å². The second-order valence-corrected chi connectivity index (χ2v) is 4.96. The number of fused-ring (bicyclic) bond motifs is 1. The second-order valence-electron chi connectivity index (χ2n) is 4.96. The molecule has 0 radical (unpaired) electrons. The Kier molecular flexibility index (Phi) is 4.98. The molecule has 0 saturated carbocycles. The molecule has 7 nitrogen and oxygen atoms in total. The van der Waals surface area contributed by atoms with Crippen LogP contribution >= 0.6 is 0 Å². The van der Waals surface area contributed by atoms with E-state index in [-0.39, 0.29) is 30.5 Å². The molecule has 0 unspecified atom stereocenters. The van der Waals surface area contributed by atoms with Crippen LogP contribution in [0.1, 0.15) is 30.1 Å². The molecule has 2 rings (SSSR count). The summed E-state index contributed by atoms with van der Waals surface area (Å²) >= 11 is 0. The Hall–Kier alpha value is -2.57. The van der Waals surface area contributed by atoms with Crippen LogP contribution in [0.4, 0.5) is 5.69 Å². The van der Waals surface area contributed by atoms with Crippen molar-refractivity contribution < 1.29 is 24.2 Å². The number of nitrogens with one attached hydrogen (secondary N) is 1. The highest BCUT2D eigenvalue weighted by atomic mass is 16.5. The van der Waals surface area contributed by atoms with Gasteiger partial charge in [0.25, 0.3) is 5.91 Å². The van der Waals surface area contributed by atoms with E-state index < -0.39 is 5.97 Å². The minimum absolute atomic E-state index is 0.0356. The van der Waals surface area contributed by atoms with Gasteiger partial charge in [-0.05, 0) is 24.6 Å². The molecule has 0 spiro atoms. The molecule has 22 heavy (non-hydrogen) atoms. The summed E-state index contributed by atoms with van der Waals surface area (Å²) in [5.74, 6) is -1.37. The monoisotopic (exact) mass is 306 g/mol. The van der Waals surface area contributed by atoms with E-state index in [2.05, 4.69) is 5.32 Å². The van der Waals surface area contributed by atoms with Gasteiger partial charge in [0, 0.05) is 6.54 Å². The van der Waals surface area contributed by atoms with Gasteiger partial charge in [-0.15, -0.1) is 0 Å². The van der Waals surface area contributed by atoms with E-state index in [1.54, 1.807) is 0 Å². The molecule has 7 heteroatoms. The largest absolute Gasteiger partial charge is 0.482 e. The molecule has 2 N–H and O–H groups in total. The number of rotatable bonds is 6. The van der Waals surface area contributed by atoms with Gasteiger partial charge in [-0.1, -0.05) is 13.3 Å². The van der Waals surface area contributed by atoms with Crippen molar-refractivity contribution in [3.63, 3.8) is 0 Å². The number of benzene rings is 1. The lowest BCUT2D eigenvalue weighted by molar-refractivity contribution is -0.125. The lowest BCUT2D eigenvalue weighted by Gasteiger charge is -2.29. The number of anilines is 1. The van der Waals surface area contributed by atoms with Gasteiger partial charge in [-0.3, -0.25) is 14.5 Å². The minimum atomic E-state index is -1.10. The van der Waals surface area contributed by atoms with Gasteiger partial charge in [-0.2, -0.15) is 0 Å². The summed E-state index contributed by atoms with van der Waals surface area (Å²) in [5.41, 5.74) is 0.343. The lowest BCUT2D eigenvalue weighted by atomic mass is 10.1. The molecule has 1 aliphatic heterocycles. The fraction of sp³-hybridized carbons (Fsp3) is 0.400. The van der Waals surface area contributed by atoms with Gasteiger partial charge in [0.05, 0.1) is 11.3 Å². The maximum atomic E-state index is 12.0. The smallest absolute Gasteiger partial charge is 0.335 e. The number of nitrogens with zero attached hydrogens (tertiary/aromatic N) is 1. The predicted molar refractivity (Wildman–Crippen MR) is 79.2 cm³/mol. The molecule has 1 aliphatic rings. The lowest BCUT2D eigenvalue weighted by Crippen LogP contribution is -2.45. The first-order valence-corrected chi connectivity index (χ1v) is 7.10. The third kappa shape index (κ3) is 3.55. The van der Waals surface area contributed by atoms with Crippen LogP contribution in [0.2, 0.25) is 0 Å². The topological polar surface area (TPSA) is 95.9 Å². The van der Waals surface area contributed by atoms with Crippen LogP contribution in [0.5, 0.6) is 5.75 Å². The first-order chi connectivity index (χ1) is 10.5. The van der Waals surface area contributed by atoms with Crippen molar-refractivity contribution in [1.29, 1.82) is 0 Å². The van der Waals surface area contributed by atoms with E-state index in [9.17, 15) is 14.4 Å². The Morgan fingerprint density at radius 1 is 1.41 bits per heavy atom. The first kappa shape index (κ1) is 15.8. The molecule has 0 bridgehead atoms. The summed E-state index contributed by atoms with van der Waals surface area (Å²) in [6.07, 6.45) is 1.82. The van der Waals surface area contributed by atoms with Gasteiger partial charge >= 0.3 is 5.97 Å². The van der Waals surface area contributed by atoms with Crippen molar-refractivity contribution in [3.05, 3.63) is 23.8 Å². The number of ether oxygens (including phenoxy) is 1. The maximum Gasteiger partial charge on any atom is 0.335 e. The summed E-state index contributed by atoms with van der Waals surface area (Å²) in [6, 6.07) is 4.23. The summed E-state index contributed by atoms with van der Waals surface area (Å²) in [4.78, 5) is 36.2. The number of hydrogen-bond acceptors (Lipinski definition) is 4. The zero-order valence-electron chi connectivity index (χ0n) is 12.3. The molecule has 0 saturated heterocycles. The van der Waals surface area contributed by atoms with Crippen molar-refractivity contribution in [2.24, 2.45) is 0 Å². The highest BCUT2D eigenvalue weighted by Gasteiger charge is 2.28. The summed E-state index contributed by atoms with van der Waals surface area (Å²) in [5, 5.41) is 11.8. The van der Waals surface area contributed by atoms with Gasteiger partial charge in [0.2, 0.25) is 5.91 Å². The number of aromatic carboxylic acids is 1.